The molecule has 1 atom stereocenters. The monoisotopic (exact) mass is 376 g/mol. The van der Waals surface area contributed by atoms with E-state index < -0.39 is 5.41 Å². The third-order valence-corrected chi connectivity index (χ3v) is 5.73. The number of carbonyl (C=O) groups excluding carboxylic acids is 1. The van der Waals surface area contributed by atoms with Gasteiger partial charge in [-0.1, -0.05) is 49.6 Å². The van der Waals surface area contributed by atoms with E-state index in [1.165, 1.54) is 0 Å². The standard InChI is InChI=1S/C24H28N2O2/c1-4-18(3)28-21-10-11-22(19(15-21)16-25)26-23(27)24(12-5-6-13-24)20-9-7-8-17(2)14-20/h7-11,14-15,18H,4-6,12-13H2,1-3H3,(H,26,27). The molecular weight excluding hydrogens is 348 g/mol. The number of ether oxygens (including phenoxy) is 1. The zero-order valence-electron chi connectivity index (χ0n) is 16.9. The highest BCUT2D eigenvalue weighted by Gasteiger charge is 2.42. The molecule has 4 nitrogen and oxygen atoms in total. The van der Waals surface area contributed by atoms with E-state index in [0.29, 0.717) is 17.0 Å². The van der Waals surface area contributed by atoms with Gasteiger partial charge in [-0.3, -0.25) is 4.79 Å². The molecule has 1 fully saturated rings. The molecule has 0 aliphatic heterocycles. The molecule has 146 valence electrons. The van der Waals surface area contributed by atoms with Crippen LogP contribution in [-0.4, -0.2) is 12.0 Å². The highest BCUT2D eigenvalue weighted by molar-refractivity contribution is 6.00. The maximum atomic E-state index is 13.4. The summed E-state index contributed by atoms with van der Waals surface area (Å²) in [6, 6.07) is 15.7. The van der Waals surface area contributed by atoms with Crippen LogP contribution in [0.3, 0.4) is 0 Å². The van der Waals surface area contributed by atoms with Crippen LogP contribution in [0.4, 0.5) is 5.69 Å². The number of nitrogens with zero attached hydrogens (tertiary/aromatic N) is 1. The lowest BCUT2D eigenvalue weighted by Crippen LogP contribution is -2.38. The van der Waals surface area contributed by atoms with Gasteiger partial charge in [-0.25, -0.2) is 0 Å². The van der Waals surface area contributed by atoms with E-state index in [-0.39, 0.29) is 12.0 Å². The Morgan fingerprint density at radius 3 is 2.64 bits per heavy atom. The van der Waals surface area contributed by atoms with Crippen molar-refractivity contribution >= 4 is 11.6 Å². The van der Waals surface area contributed by atoms with Crippen LogP contribution < -0.4 is 10.1 Å². The summed E-state index contributed by atoms with van der Waals surface area (Å²) in [7, 11) is 0. The molecule has 0 saturated heterocycles. The molecule has 1 saturated carbocycles. The van der Waals surface area contributed by atoms with Crippen molar-refractivity contribution in [3.63, 3.8) is 0 Å². The van der Waals surface area contributed by atoms with Gasteiger partial charge in [0.15, 0.2) is 0 Å². The van der Waals surface area contributed by atoms with Gasteiger partial charge >= 0.3 is 0 Å². The number of anilines is 1. The van der Waals surface area contributed by atoms with Crippen LogP contribution in [0.15, 0.2) is 42.5 Å². The summed E-state index contributed by atoms with van der Waals surface area (Å²) >= 11 is 0. The highest BCUT2D eigenvalue weighted by Crippen LogP contribution is 2.42. The lowest BCUT2D eigenvalue weighted by atomic mass is 9.77. The van der Waals surface area contributed by atoms with Gasteiger partial charge in [0, 0.05) is 6.07 Å². The number of nitrogens with one attached hydrogen (secondary N) is 1. The molecule has 0 radical (unpaired) electrons. The Labute approximate surface area is 167 Å². The van der Waals surface area contributed by atoms with E-state index in [1.807, 2.05) is 38.1 Å². The Balaban J connectivity index is 1.87. The molecule has 2 aromatic rings. The minimum absolute atomic E-state index is 0.0253. The van der Waals surface area contributed by atoms with Crippen LogP contribution in [0.25, 0.3) is 0 Å². The molecule has 1 unspecified atom stereocenters. The van der Waals surface area contributed by atoms with Gasteiger partial charge in [0.2, 0.25) is 5.91 Å². The number of hydrogen-bond acceptors (Lipinski definition) is 3. The number of aryl methyl sites for hydroxylation is 1. The van der Waals surface area contributed by atoms with Crippen molar-refractivity contribution in [1.82, 2.24) is 0 Å². The molecule has 0 heterocycles. The SMILES string of the molecule is CCC(C)Oc1ccc(NC(=O)C2(c3cccc(C)c3)CCCC2)c(C#N)c1. The smallest absolute Gasteiger partial charge is 0.235 e. The van der Waals surface area contributed by atoms with Crippen LogP contribution in [0.5, 0.6) is 5.75 Å². The van der Waals surface area contributed by atoms with Gasteiger partial charge in [-0.05, 0) is 50.8 Å². The molecule has 1 N–H and O–H groups in total. The van der Waals surface area contributed by atoms with Gasteiger partial charge in [-0.2, -0.15) is 5.26 Å². The largest absolute Gasteiger partial charge is 0.491 e. The predicted octanol–water partition coefficient (Wildman–Crippen LogP) is 5.49. The van der Waals surface area contributed by atoms with E-state index in [4.69, 9.17) is 4.74 Å². The summed E-state index contributed by atoms with van der Waals surface area (Å²) < 4.78 is 5.80. The lowest BCUT2D eigenvalue weighted by molar-refractivity contribution is -0.121. The second kappa shape index (κ2) is 8.48. The fourth-order valence-corrected chi connectivity index (χ4v) is 3.92. The van der Waals surface area contributed by atoms with E-state index in [1.54, 1.807) is 12.1 Å². The normalized spacial score (nSPS) is 16.2. The Hall–Kier alpha value is -2.80. The van der Waals surface area contributed by atoms with Crippen molar-refractivity contribution in [3.8, 4) is 11.8 Å². The molecule has 0 aromatic heterocycles. The van der Waals surface area contributed by atoms with Crippen LogP contribution in [0.1, 0.15) is 62.6 Å². The van der Waals surface area contributed by atoms with Crippen molar-refractivity contribution in [2.75, 3.05) is 5.32 Å². The second-order valence-corrected chi connectivity index (χ2v) is 7.77. The fraction of sp³-hybridized carbons (Fsp3) is 0.417. The third kappa shape index (κ3) is 4.04. The molecule has 3 rings (SSSR count). The van der Waals surface area contributed by atoms with E-state index in [0.717, 1.165) is 43.2 Å². The van der Waals surface area contributed by atoms with Crippen molar-refractivity contribution < 1.29 is 9.53 Å². The first-order chi connectivity index (χ1) is 13.5. The third-order valence-electron chi connectivity index (χ3n) is 5.73. The first-order valence-corrected chi connectivity index (χ1v) is 10.1. The van der Waals surface area contributed by atoms with E-state index >= 15 is 0 Å². The average molecular weight is 377 g/mol. The number of carbonyl (C=O) groups is 1. The van der Waals surface area contributed by atoms with Crippen LogP contribution >= 0.6 is 0 Å². The molecule has 1 aliphatic rings. The molecule has 0 bridgehead atoms. The molecule has 28 heavy (non-hydrogen) atoms. The first-order valence-electron chi connectivity index (χ1n) is 10.1. The number of amides is 1. The van der Waals surface area contributed by atoms with Crippen molar-refractivity contribution in [2.45, 2.75) is 64.4 Å². The fourth-order valence-electron chi connectivity index (χ4n) is 3.92. The number of nitriles is 1. The Kier molecular flexibility index (Phi) is 6.04. The zero-order chi connectivity index (χ0) is 20.1. The molecule has 0 spiro atoms. The molecule has 1 amide bonds. The maximum Gasteiger partial charge on any atom is 0.235 e. The summed E-state index contributed by atoms with van der Waals surface area (Å²) in [4.78, 5) is 13.4. The average Bonchev–Trinajstić information content (AvgIpc) is 3.20. The lowest BCUT2D eigenvalue weighted by Gasteiger charge is -2.29. The second-order valence-electron chi connectivity index (χ2n) is 7.77. The van der Waals surface area contributed by atoms with Crippen LogP contribution in [-0.2, 0) is 10.2 Å². The molecular formula is C24H28N2O2. The molecule has 1 aliphatic carbocycles. The minimum Gasteiger partial charge on any atom is -0.491 e. The predicted molar refractivity (Wildman–Crippen MR) is 111 cm³/mol. The van der Waals surface area contributed by atoms with Gasteiger partial charge in [0.1, 0.15) is 11.8 Å². The van der Waals surface area contributed by atoms with Gasteiger partial charge < -0.3 is 10.1 Å². The Morgan fingerprint density at radius 2 is 2.00 bits per heavy atom. The topological polar surface area (TPSA) is 62.1 Å². The summed E-state index contributed by atoms with van der Waals surface area (Å²) in [6.07, 6.45) is 4.70. The summed E-state index contributed by atoms with van der Waals surface area (Å²) in [5.41, 5.74) is 2.66. The first kappa shape index (κ1) is 19.9. The van der Waals surface area contributed by atoms with E-state index in [9.17, 15) is 10.1 Å². The van der Waals surface area contributed by atoms with E-state index in [2.05, 4.69) is 24.4 Å². The van der Waals surface area contributed by atoms with Gasteiger partial charge in [0.05, 0.1) is 22.8 Å². The highest BCUT2D eigenvalue weighted by atomic mass is 16.5. The summed E-state index contributed by atoms with van der Waals surface area (Å²) in [5, 5.41) is 12.6. The van der Waals surface area contributed by atoms with Crippen molar-refractivity contribution in [3.05, 3.63) is 59.2 Å². The zero-order valence-corrected chi connectivity index (χ0v) is 16.9. The van der Waals surface area contributed by atoms with Crippen LogP contribution in [0.2, 0.25) is 0 Å². The number of hydrogen-bond donors (Lipinski definition) is 1. The van der Waals surface area contributed by atoms with Gasteiger partial charge in [-0.15, -0.1) is 0 Å². The van der Waals surface area contributed by atoms with Crippen LogP contribution in [0, 0.1) is 18.3 Å². The Bertz CT molecular complexity index is 892. The summed E-state index contributed by atoms with van der Waals surface area (Å²) in [6.45, 7) is 6.10. The molecule has 4 heteroatoms. The summed E-state index contributed by atoms with van der Waals surface area (Å²) in [5.74, 6) is 0.626. The number of rotatable bonds is 6. The van der Waals surface area contributed by atoms with Gasteiger partial charge in [0.25, 0.3) is 0 Å². The quantitative estimate of drug-likeness (QED) is 0.724. The maximum absolute atomic E-state index is 13.4. The minimum atomic E-state index is -0.523. The number of benzene rings is 2. The van der Waals surface area contributed by atoms with Crippen molar-refractivity contribution in [1.29, 1.82) is 5.26 Å². The Morgan fingerprint density at radius 1 is 1.25 bits per heavy atom. The van der Waals surface area contributed by atoms with Crippen molar-refractivity contribution in [2.24, 2.45) is 0 Å². The molecule has 2 aromatic carbocycles.